The molecule has 0 aliphatic rings. The van der Waals surface area contributed by atoms with Gasteiger partial charge in [-0.3, -0.25) is 0 Å². The molecule has 7 heteroatoms. The molecule has 0 radical (unpaired) electrons. The molecule has 3 rings (SSSR count). The van der Waals surface area contributed by atoms with Crippen molar-refractivity contribution >= 4 is 5.97 Å². The quantitative estimate of drug-likeness (QED) is 0.686. The van der Waals surface area contributed by atoms with Gasteiger partial charge in [-0.05, 0) is 37.6 Å². The Labute approximate surface area is 130 Å². The topological polar surface area (TPSA) is 78.4 Å². The molecule has 2 aromatic heterocycles. The maximum Gasteiger partial charge on any atom is 0.374 e. The minimum absolute atomic E-state index is 0.0999. The molecule has 0 aliphatic heterocycles. The first-order chi connectivity index (χ1) is 11.0. The lowest BCUT2D eigenvalue weighted by Crippen LogP contribution is -2.04. The summed E-state index contributed by atoms with van der Waals surface area (Å²) in [6, 6.07) is 7.81. The summed E-state index contributed by atoms with van der Waals surface area (Å²) in [6.07, 6.45) is 0. The largest absolute Gasteiger partial charge is 0.454 e. The number of hydrogen-bond donors (Lipinski definition) is 0. The highest BCUT2D eigenvalue weighted by Crippen LogP contribution is 2.19. The Morgan fingerprint density at radius 2 is 2.09 bits per heavy atom. The van der Waals surface area contributed by atoms with Crippen LogP contribution in [0.2, 0.25) is 0 Å². The van der Waals surface area contributed by atoms with E-state index in [0.29, 0.717) is 16.9 Å². The third-order valence-corrected chi connectivity index (χ3v) is 3.17. The summed E-state index contributed by atoms with van der Waals surface area (Å²) >= 11 is 0. The lowest BCUT2D eigenvalue weighted by Gasteiger charge is -1.98. The molecule has 23 heavy (non-hydrogen) atoms. The average molecular weight is 316 g/mol. The molecule has 0 spiro atoms. The Morgan fingerprint density at radius 3 is 2.78 bits per heavy atom. The van der Waals surface area contributed by atoms with E-state index >= 15 is 0 Å². The summed E-state index contributed by atoms with van der Waals surface area (Å²) in [4.78, 5) is 15.8. The number of nitrogens with zero attached hydrogens (tertiary/aromatic N) is 2. The maximum absolute atomic E-state index is 13.5. The molecule has 6 nitrogen and oxygen atoms in total. The van der Waals surface area contributed by atoms with Crippen molar-refractivity contribution in [2.75, 3.05) is 0 Å². The number of ether oxygens (including phenoxy) is 1. The van der Waals surface area contributed by atoms with E-state index < -0.39 is 5.97 Å². The molecule has 0 N–H and O–H groups in total. The normalized spacial score (nSPS) is 10.7. The van der Waals surface area contributed by atoms with E-state index in [4.69, 9.17) is 13.7 Å². The third-order valence-electron chi connectivity index (χ3n) is 3.17. The van der Waals surface area contributed by atoms with Crippen molar-refractivity contribution in [3.63, 3.8) is 0 Å². The maximum atomic E-state index is 13.5. The average Bonchev–Trinajstić information content (AvgIpc) is 3.17. The summed E-state index contributed by atoms with van der Waals surface area (Å²) in [5.41, 5.74) is 1.01. The summed E-state index contributed by atoms with van der Waals surface area (Å²) in [6.45, 7) is 3.19. The minimum Gasteiger partial charge on any atom is -0.454 e. The first kappa shape index (κ1) is 15.0. The Hall–Kier alpha value is -2.96. The zero-order valence-corrected chi connectivity index (χ0v) is 12.5. The number of halogens is 1. The van der Waals surface area contributed by atoms with Gasteiger partial charge in [0.15, 0.2) is 6.61 Å². The second-order valence-corrected chi connectivity index (χ2v) is 4.96. The smallest absolute Gasteiger partial charge is 0.374 e. The van der Waals surface area contributed by atoms with E-state index in [-0.39, 0.29) is 29.9 Å². The predicted octanol–water partition coefficient (Wildman–Crippen LogP) is 3.44. The molecular formula is C16H13FN2O4. The Bertz CT molecular complexity index is 853. The Morgan fingerprint density at radius 1 is 1.26 bits per heavy atom. The number of carbonyl (C=O) groups is 1. The molecule has 0 aliphatic carbocycles. The molecular weight excluding hydrogens is 303 g/mol. The van der Waals surface area contributed by atoms with Crippen LogP contribution < -0.4 is 0 Å². The molecule has 0 saturated heterocycles. The summed E-state index contributed by atoms with van der Waals surface area (Å²) in [5, 5.41) is 3.74. The van der Waals surface area contributed by atoms with Crippen molar-refractivity contribution in [2.24, 2.45) is 0 Å². The van der Waals surface area contributed by atoms with E-state index in [9.17, 15) is 9.18 Å². The third kappa shape index (κ3) is 3.28. The van der Waals surface area contributed by atoms with Crippen LogP contribution in [-0.2, 0) is 11.3 Å². The van der Waals surface area contributed by atoms with Gasteiger partial charge in [-0.25, -0.2) is 9.18 Å². The van der Waals surface area contributed by atoms with Gasteiger partial charge in [0, 0.05) is 5.56 Å². The van der Waals surface area contributed by atoms with Crippen LogP contribution in [0.5, 0.6) is 0 Å². The van der Waals surface area contributed by atoms with Crippen LogP contribution in [0, 0.1) is 19.7 Å². The van der Waals surface area contributed by atoms with E-state index in [1.165, 1.54) is 12.1 Å². The lowest BCUT2D eigenvalue weighted by molar-refractivity contribution is 0.0392. The Kier molecular flexibility index (Phi) is 3.92. The second-order valence-electron chi connectivity index (χ2n) is 4.96. The van der Waals surface area contributed by atoms with Gasteiger partial charge in [0.05, 0.1) is 0 Å². The van der Waals surface area contributed by atoms with Crippen LogP contribution >= 0.6 is 0 Å². The second kappa shape index (κ2) is 6.04. The molecule has 0 bridgehead atoms. The van der Waals surface area contributed by atoms with Gasteiger partial charge in [0.2, 0.25) is 11.6 Å². The first-order valence-electron chi connectivity index (χ1n) is 6.85. The highest BCUT2D eigenvalue weighted by Gasteiger charge is 2.15. The van der Waals surface area contributed by atoms with Crippen molar-refractivity contribution in [3.05, 3.63) is 59.1 Å². The first-order valence-corrected chi connectivity index (χ1v) is 6.85. The fourth-order valence-corrected chi connectivity index (χ4v) is 1.91. The standard InChI is InChI=1S/C16H13FN2O4/c1-9-3-5-11(7-12(9)17)15-18-14(23-19-15)8-21-16(20)13-6-4-10(2)22-13/h3-7H,8H2,1-2H3. The zero-order valence-electron chi connectivity index (χ0n) is 12.5. The van der Waals surface area contributed by atoms with E-state index in [2.05, 4.69) is 10.1 Å². The summed E-state index contributed by atoms with van der Waals surface area (Å²) < 4.78 is 28.7. The molecule has 118 valence electrons. The number of furan rings is 1. The summed E-state index contributed by atoms with van der Waals surface area (Å²) in [7, 11) is 0. The number of esters is 1. The summed E-state index contributed by atoms with van der Waals surface area (Å²) in [5.74, 6) is 0.0652. The number of rotatable bonds is 4. The van der Waals surface area contributed by atoms with Crippen LogP contribution in [0.25, 0.3) is 11.4 Å². The van der Waals surface area contributed by atoms with E-state index in [0.717, 1.165) is 0 Å². The molecule has 2 heterocycles. The highest BCUT2D eigenvalue weighted by molar-refractivity contribution is 5.86. The number of aryl methyl sites for hydroxylation is 2. The van der Waals surface area contributed by atoms with Gasteiger partial charge in [-0.15, -0.1) is 0 Å². The van der Waals surface area contributed by atoms with E-state index in [1.807, 2.05) is 0 Å². The molecule has 0 atom stereocenters. The van der Waals surface area contributed by atoms with Crippen molar-refractivity contribution in [1.29, 1.82) is 0 Å². The molecule has 0 amide bonds. The minimum atomic E-state index is -0.626. The highest BCUT2D eigenvalue weighted by atomic mass is 19.1. The fourth-order valence-electron chi connectivity index (χ4n) is 1.91. The van der Waals surface area contributed by atoms with Crippen LogP contribution in [0.1, 0.15) is 27.8 Å². The van der Waals surface area contributed by atoms with Gasteiger partial charge < -0.3 is 13.7 Å². The van der Waals surface area contributed by atoms with Crippen molar-refractivity contribution in [1.82, 2.24) is 10.1 Å². The van der Waals surface area contributed by atoms with Crippen LogP contribution in [0.4, 0.5) is 4.39 Å². The van der Waals surface area contributed by atoms with Gasteiger partial charge in [0.25, 0.3) is 5.89 Å². The number of aromatic nitrogens is 2. The lowest BCUT2D eigenvalue weighted by atomic mass is 10.1. The fraction of sp³-hybridized carbons (Fsp3) is 0.188. The number of hydrogen-bond acceptors (Lipinski definition) is 6. The van der Waals surface area contributed by atoms with Crippen molar-refractivity contribution in [3.8, 4) is 11.4 Å². The van der Waals surface area contributed by atoms with Crippen molar-refractivity contribution in [2.45, 2.75) is 20.5 Å². The molecule has 0 unspecified atom stereocenters. The van der Waals surface area contributed by atoms with Crippen LogP contribution in [0.15, 0.2) is 39.3 Å². The number of benzene rings is 1. The SMILES string of the molecule is Cc1ccc(C(=O)OCc2nc(-c3ccc(C)c(F)c3)no2)o1. The molecule has 0 fully saturated rings. The van der Waals surface area contributed by atoms with Crippen LogP contribution in [-0.4, -0.2) is 16.1 Å². The number of carbonyl (C=O) groups excluding carboxylic acids is 1. The zero-order chi connectivity index (χ0) is 16.4. The molecule has 3 aromatic rings. The van der Waals surface area contributed by atoms with Gasteiger partial charge >= 0.3 is 5.97 Å². The van der Waals surface area contributed by atoms with Crippen molar-refractivity contribution < 1.29 is 22.9 Å². The van der Waals surface area contributed by atoms with Gasteiger partial charge in [-0.2, -0.15) is 4.98 Å². The molecule has 1 aromatic carbocycles. The Balaban J connectivity index is 1.67. The predicted molar refractivity (Wildman–Crippen MR) is 77.0 cm³/mol. The van der Waals surface area contributed by atoms with Gasteiger partial charge in [0.1, 0.15) is 11.6 Å². The van der Waals surface area contributed by atoms with E-state index in [1.54, 1.807) is 32.0 Å². The van der Waals surface area contributed by atoms with Gasteiger partial charge in [-0.1, -0.05) is 17.3 Å². The van der Waals surface area contributed by atoms with Crippen LogP contribution in [0.3, 0.4) is 0 Å². The monoisotopic (exact) mass is 316 g/mol. The molecule has 0 saturated carbocycles.